The molecule has 1 aliphatic rings. The molecule has 1 N–H and O–H groups in total. The van der Waals surface area contributed by atoms with Crippen LogP contribution in [-0.4, -0.2) is 29.2 Å². The zero-order valence-corrected chi connectivity index (χ0v) is 20.5. The van der Waals surface area contributed by atoms with Gasteiger partial charge in [-0.15, -0.1) is 0 Å². The second-order valence-corrected chi connectivity index (χ2v) is 8.87. The Morgan fingerprint density at radius 3 is 2.47 bits per heavy atom. The number of hydrogen-bond acceptors (Lipinski definition) is 5. The summed E-state index contributed by atoms with van der Waals surface area (Å²) in [5.41, 5.74) is 4.68. The SMILES string of the molecule is Cc1ccc(NC(=O)CC(=O)N2N=C(N(CCC#N)c3cccc(C)c3)CC2c2ccccc2)cc1. The van der Waals surface area contributed by atoms with Crippen LogP contribution in [0.5, 0.6) is 0 Å². The van der Waals surface area contributed by atoms with Crippen molar-refractivity contribution in [1.82, 2.24) is 5.01 Å². The summed E-state index contributed by atoms with van der Waals surface area (Å²) >= 11 is 0. The normalized spacial score (nSPS) is 14.6. The van der Waals surface area contributed by atoms with Crippen LogP contribution in [0.25, 0.3) is 0 Å². The first-order valence-electron chi connectivity index (χ1n) is 12.0. The highest BCUT2D eigenvalue weighted by Crippen LogP contribution is 2.34. The van der Waals surface area contributed by atoms with Crippen molar-refractivity contribution in [1.29, 1.82) is 5.26 Å². The lowest BCUT2D eigenvalue weighted by Gasteiger charge is -2.24. The average Bonchev–Trinajstić information content (AvgIpc) is 3.32. The maximum atomic E-state index is 13.3. The van der Waals surface area contributed by atoms with E-state index in [4.69, 9.17) is 5.10 Å². The first kappa shape index (κ1) is 24.7. The summed E-state index contributed by atoms with van der Waals surface area (Å²) in [5.74, 6) is -0.0794. The Hall–Kier alpha value is -4.44. The maximum Gasteiger partial charge on any atom is 0.252 e. The summed E-state index contributed by atoms with van der Waals surface area (Å²) in [6.45, 7) is 4.44. The molecule has 0 bridgehead atoms. The predicted octanol–water partition coefficient (Wildman–Crippen LogP) is 5.34. The van der Waals surface area contributed by atoms with E-state index >= 15 is 0 Å². The zero-order valence-electron chi connectivity index (χ0n) is 20.5. The van der Waals surface area contributed by atoms with Gasteiger partial charge < -0.3 is 10.2 Å². The minimum Gasteiger partial charge on any atom is -0.327 e. The predicted molar refractivity (Wildman–Crippen MR) is 141 cm³/mol. The summed E-state index contributed by atoms with van der Waals surface area (Å²) in [5, 5.41) is 18.2. The Morgan fingerprint density at radius 1 is 1.03 bits per heavy atom. The topological polar surface area (TPSA) is 88.8 Å². The number of hydrogen-bond donors (Lipinski definition) is 1. The number of benzene rings is 3. The number of carbonyl (C=O) groups is 2. The van der Waals surface area contributed by atoms with Crippen LogP contribution in [-0.2, 0) is 9.59 Å². The van der Waals surface area contributed by atoms with Crippen LogP contribution in [0.1, 0.15) is 42.0 Å². The first-order valence-corrected chi connectivity index (χ1v) is 12.0. The third-order valence-electron chi connectivity index (χ3n) is 6.05. The summed E-state index contributed by atoms with van der Waals surface area (Å²) in [4.78, 5) is 28.0. The summed E-state index contributed by atoms with van der Waals surface area (Å²) in [6.07, 6.45) is 0.473. The maximum absolute atomic E-state index is 13.3. The van der Waals surface area contributed by atoms with Crippen LogP contribution < -0.4 is 10.2 Å². The molecule has 0 fully saturated rings. The molecule has 1 atom stereocenters. The number of hydrazone groups is 1. The number of nitrogens with one attached hydrogen (secondary N) is 1. The number of nitrogens with zero attached hydrogens (tertiary/aromatic N) is 4. The standard InChI is InChI=1S/C29H29N5O2/c1-21-12-14-24(15-13-21)31-28(35)20-29(36)34-26(23-9-4-3-5-10-23)19-27(32-34)33(17-7-16-30)25-11-6-8-22(2)18-25/h3-6,8-15,18,26H,7,17,19-20H2,1-2H3,(H,31,35). The molecule has 4 rings (SSSR count). The van der Waals surface area contributed by atoms with Gasteiger partial charge in [-0.3, -0.25) is 9.59 Å². The number of anilines is 2. The van der Waals surface area contributed by atoms with Gasteiger partial charge in [-0.1, -0.05) is 60.2 Å². The summed E-state index contributed by atoms with van der Waals surface area (Å²) in [6, 6.07) is 27.0. The van der Waals surface area contributed by atoms with Crippen LogP contribution in [0.2, 0.25) is 0 Å². The number of aryl methyl sites for hydroxylation is 2. The van der Waals surface area contributed by atoms with Crippen LogP contribution in [0.4, 0.5) is 11.4 Å². The van der Waals surface area contributed by atoms with Crippen molar-refractivity contribution >= 4 is 29.0 Å². The molecule has 2 amide bonds. The van der Waals surface area contributed by atoms with Gasteiger partial charge in [0.25, 0.3) is 5.91 Å². The van der Waals surface area contributed by atoms with E-state index in [0.29, 0.717) is 30.9 Å². The van der Waals surface area contributed by atoms with E-state index in [2.05, 4.69) is 11.4 Å². The van der Waals surface area contributed by atoms with Gasteiger partial charge in [0.05, 0.1) is 18.5 Å². The highest BCUT2D eigenvalue weighted by molar-refractivity contribution is 6.06. The number of amides is 2. The van der Waals surface area contributed by atoms with Crippen molar-refractivity contribution in [2.45, 2.75) is 39.2 Å². The molecule has 0 spiro atoms. The van der Waals surface area contributed by atoms with Crippen LogP contribution >= 0.6 is 0 Å². The van der Waals surface area contributed by atoms with Crippen LogP contribution in [0.3, 0.4) is 0 Å². The molecule has 1 heterocycles. The molecule has 7 nitrogen and oxygen atoms in total. The van der Waals surface area contributed by atoms with Crippen molar-refractivity contribution in [3.05, 3.63) is 95.6 Å². The fourth-order valence-corrected chi connectivity index (χ4v) is 4.25. The number of nitriles is 1. The molecule has 3 aromatic rings. The average molecular weight is 480 g/mol. The third-order valence-corrected chi connectivity index (χ3v) is 6.05. The van der Waals surface area contributed by atoms with Gasteiger partial charge in [0.2, 0.25) is 5.91 Å². The van der Waals surface area contributed by atoms with Crippen molar-refractivity contribution < 1.29 is 9.59 Å². The summed E-state index contributed by atoms with van der Waals surface area (Å²) < 4.78 is 0. The second-order valence-electron chi connectivity index (χ2n) is 8.87. The first-order chi connectivity index (χ1) is 17.4. The Balaban J connectivity index is 1.60. The minimum atomic E-state index is -0.390. The van der Waals surface area contributed by atoms with E-state index in [9.17, 15) is 14.9 Å². The Morgan fingerprint density at radius 2 is 1.78 bits per heavy atom. The van der Waals surface area contributed by atoms with Gasteiger partial charge in [0.15, 0.2) is 0 Å². The van der Waals surface area contributed by atoms with Crippen molar-refractivity contribution in [2.75, 3.05) is 16.8 Å². The van der Waals surface area contributed by atoms with Gasteiger partial charge in [0.1, 0.15) is 12.3 Å². The molecule has 1 unspecified atom stereocenters. The molecule has 0 radical (unpaired) electrons. The number of rotatable bonds is 7. The van der Waals surface area contributed by atoms with Crippen LogP contribution in [0, 0.1) is 25.2 Å². The lowest BCUT2D eigenvalue weighted by Crippen LogP contribution is -2.31. The van der Waals surface area contributed by atoms with E-state index in [-0.39, 0.29) is 24.3 Å². The third kappa shape index (κ3) is 5.97. The van der Waals surface area contributed by atoms with Crippen LogP contribution in [0.15, 0.2) is 84.0 Å². The van der Waals surface area contributed by atoms with Gasteiger partial charge in [-0.25, -0.2) is 5.01 Å². The molecular formula is C29H29N5O2. The van der Waals surface area contributed by atoms with Gasteiger partial charge in [0, 0.05) is 24.3 Å². The second kappa shape index (κ2) is 11.3. The molecule has 0 aliphatic carbocycles. The largest absolute Gasteiger partial charge is 0.327 e. The Kier molecular flexibility index (Phi) is 7.76. The van der Waals surface area contributed by atoms with Gasteiger partial charge in [-0.05, 0) is 49.2 Å². The number of amidine groups is 1. The fraction of sp³-hybridized carbons (Fsp3) is 0.241. The summed E-state index contributed by atoms with van der Waals surface area (Å²) in [7, 11) is 0. The van der Waals surface area contributed by atoms with Crippen molar-refractivity contribution in [3.8, 4) is 6.07 Å². The fourth-order valence-electron chi connectivity index (χ4n) is 4.25. The smallest absolute Gasteiger partial charge is 0.252 e. The van der Waals surface area contributed by atoms with Crippen molar-refractivity contribution in [2.24, 2.45) is 5.10 Å². The lowest BCUT2D eigenvalue weighted by atomic mass is 10.0. The van der Waals surface area contributed by atoms with Crippen molar-refractivity contribution in [3.63, 3.8) is 0 Å². The molecular weight excluding hydrogens is 450 g/mol. The Bertz CT molecular complexity index is 1300. The van der Waals surface area contributed by atoms with Gasteiger partial charge >= 0.3 is 0 Å². The number of carbonyl (C=O) groups excluding carboxylic acids is 2. The van der Waals surface area contributed by atoms with E-state index in [1.54, 1.807) is 0 Å². The molecule has 0 saturated carbocycles. The highest BCUT2D eigenvalue weighted by atomic mass is 16.2. The van der Waals surface area contributed by atoms with E-state index in [0.717, 1.165) is 22.4 Å². The van der Waals surface area contributed by atoms with E-state index in [1.807, 2.05) is 97.6 Å². The molecule has 0 aromatic heterocycles. The molecule has 3 aromatic carbocycles. The molecule has 0 saturated heterocycles. The monoisotopic (exact) mass is 479 g/mol. The zero-order chi connectivity index (χ0) is 25.5. The Labute approximate surface area is 211 Å². The van der Waals surface area contributed by atoms with Gasteiger partial charge in [-0.2, -0.15) is 10.4 Å². The van der Waals surface area contributed by atoms with E-state index in [1.165, 1.54) is 5.01 Å². The molecule has 182 valence electrons. The molecule has 7 heteroatoms. The van der Waals surface area contributed by atoms with E-state index < -0.39 is 0 Å². The molecule has 1 aliphatic heterocycles. The highest BCUT2D eigenvalue weighted by Gasteiger charge is 2.35. The minimum absolute atomic E-state index is 0.315. The molecule has 36 heavy (non-hydrogen) atoms. The lowest BCUT2D eigenvalue weighted by molar-refractivity contribution is -0.136. The quantitative estimate of drug-likeness (QED) is 0.463.